The molecule has 1 aromatic heterocycles. The summed E-state index contributed by atoms with van der Waals surface area (Å²) in [5, 5.41) is 3.98. The van der Waals surface area contributed by atoms with Crippen molar-refractivity contribution in [1.82, 2.24) is 4.90 Å². The predicted octanol–water partition coefficient (Wildman–Crippen LogP) is 2.73. The molecule has 0 fully saturated rings. The first-order valence-electron chi connectivity index (χ1n) is 6.88. The smallest absolute Gasteiger partial charge is 0.173 e. The maximum atomic E-state index is 5.49. The first-order valence-corrected chi connectivity index (χ1v) is 7.28. The molecule has 0 aliphatic heterocycles. The van der Waals surface area contributed by atoms with Gasteiger partial charge >= 0.3 is 0 Å². The number of nitrogens with one attached hydrogen (secondary N) is 2. The van der Waals surface area contributed by atoms with Crippen molar-refractivity contribution < 1.29 is 9.72 Å². The summed E-state index contributed by atoms with van der Waals surface area (Å²) in [6, 6.07) is 11.8. The number of anilines is 1. The molecule has 0 spiro atoms. The molecule has 1 heterocycles. The maximum absolute atomic E-state index is 5.49. The SMILES string of the molecule is CCN(Cc1cc[nH+]cc1)C(=S)Nc1ccc(OC)cc1. The van der Waals surface area contributed by atoms with Crippen LogP contribution in [0.5, 0.6) is 5.75 Å². The van der Waals surface area contributed by atoms with Gasteiger partial charge in [0.1, 0.15) is 5.75 Å². The molecule has 2 N–H and O–H groups in total. The molecule has 0 unspecified atom stereocenters. The second kappa shape index (κ2) is 7.59. The van der Waals surface area contributed by atoms with Crippen molar-refractivity contribution in [2.45, 2.75) is 13.5 Å². The van der Waals surface area contributed by atoms with Crippen LogP contribution < -0.4 is 15.0 Å². The topological polar surface area (TPSA) is 38.6 Å². The lowest BCUT2D eigenvalue weighted by Crippen LogP contribution is -2.34. The number of hydrogen-bond acceptors (Lipinski definition) is 2. The Bertz CT molecular complexity index is 572. The van der Waals surface area contributed by atoms with Crippen LogP contribution in [0.15, 0.2) is 48.8 Å². The fourth-order valence-corrected chi connectivity index (χ4v) is 2.26. The van der Waals surface area contributed by atoms with E-state index in [2.05, 4.69) is 34.3 Å². The van der Waals surface area contributed by atoms with Crippen molar-refractivity contribution in [2.24, 2.45) is 0 Å². The fourth-order valence-electron chi connectivity index (χ4n) is 1.95. The maximum Gasteiger partial charge on any atom is 0.173 e. The van der Waals surface area contributed by atoms with Gasteiger partial charge in [0.05, 0.1) is 7.11 Å². The molecule has 0 atom stereocenters. The molecule has 5 heteroatoms. The average molecular weight is 302 g/mol. The minimum absolute atomic E-state index is 0.718. The molecule has 110 valence electrons. The molecule has 1 aromatic carbocycles. The van der Waals surface area contributed by atoms with Gasteiger partial charge in [-0.25, -0.2) is 4.98 Å². The van der Waals surface area contributed by atoms with Gasteiger partial charge in [0.2, 0.25) is 0 Å². The van der Waals surface area contributed by atoms with Gasteiger partial charge in [-0.2, -0.15) is 0 Å². The highest BCUT2D eigenvalue weighted by atomic mass is 32.1. The van der Waals surface area contributed by atoms with E-state index in [4.69, 9.17) is 17.0 Å². The molecule has 2 rings (SSSR count). The number of ether oxygens (including phenoxy) is 1. The molecule has 0 radical (unpaired) electrons. The Morgan fingerprint density at radius 1 is 1.19 bits per heavy atom. The fraction of sp³-hybridized carbons (Fsp3) is 0.250. The number of methoxy groups -OCH3 is 1. The normalized spacial score (nSPS) is 10.0. The zero-order valence-corrected chi connectivity index (χ0v) is 13.1. The Morgan fingerprint density at radius 2 is 1.86 bits per heavy atom. The molecule has 0 aliphatic carbocycles. The van der Waals surface area contributed by atoms with E-state index in [0.717, 1.165) is 29.6 Å². The molecular formula is C16H20N3OS+. The Kier molecular flexibility index (Phi) is 5.51. The van der Waals surface area contributed by atoms with Gasteiger partial charge < -0.3 is 15.0 Å². The van der Waals surface area contributed by atoms with E-state index >= 15 is 0 Å². The van der Waals surface area contributed by atoms with Crippen LogP contribution >= 0.6 is 12.2 Å². The monoisotopic (exact) mass is 302 g/mol. The van der Waals surface area contributed by atoms with Crippen LogP contribution in [0.2, 0.25) is 0 Å². The molecule has 0 saturated heterocycles. The summed E-state index contributed by atoms with van der Waals surface area (Å²) < 4.78 is 5.15. The van der Waals surface area contributed by atoms with Crippen molar-refractivity contribution in [2.75, 3.05) is 19.0 Å². The molecule has 2 aromatic rings. The number of aromatic nitrogens is 1. The number of H-pyrrole nitrogens is 1. The van der Waals surface area contributed by atoms with Crippen LogP contribution in [-0.2, 0) is 6.54 Å². The first kappa shape index (κ1) is 15.3. The van der Waals surface area contributed by atoms with Crippen LogP contribution in [0.4, 0.5) is 5.69 Å². The van der Waals surface area contributed by atoms with Crippen LogP contribution in [-0.4, -0.2) is 23.7 Å². The van der Waals surface area contributed by atoms with E-state index in [-0.39, 0.29) is 0 Å². The van der Waals surface area contributed by atoms with Gasteiger partial charge in [-0.1, -0.05) is 0 Å². The Morgan fingerprint density at radius 3 is 2.43 bits per heavy atom. The van der Waals surface area contributed by atoms with E-state index in [1.807, 2.05) is 36.7 Å². The van der Waals surface area contributed by atoms with E-state index in [1.165, 1.54) is 5.56 Å². The Balaban J connectivity index is 1.99. The van der Waals surface area contributed by atoms with Gasteiger partial charge in [0.15, 0.2) is 17.5 Å². The van der Waals surface area contributed by atoms with Crippen LogP contribution in [0.25, 0.3) is 0 Å². The lowest BCUT2D eigenvalue weighted by atomic mass is 10.2. The molecule has 4 nitrogen and oxygen atoms in total. The van der Waals surface area contributed by atoms with Gasteiger partial charge in [-0.15, -0.1) is 0 Å². The third-order valence-electron chi connectivity index (χ3n) is 3.17. The number of nitrogens with zero attached hydrogens (tertiary/aromatic N) is 1. The number of benzene rings is 1. The van der Waals surface area contributed by atoms with Gasteiger partial charge in [0.25, 0.3) is 0 Å². The number of rotatable bonds is 5. The van der Waals surface area contributed by atoms with E-state index in [1.54, 1.807) is 7.11 Å². The highest BCUT2D eigenvalue weighted by Gasteiger charge is 2.09. The zero-order chi connectivity index (χ0) is 15.1. The average Bonchev–Trinajstić information content (AvgIpc) is 2.54. The summed E-state index contributed by atoms with van der Waals surface area (Å²) in [6.07, 6.45) is 3.84. The van der Waals surface area contributed by atoms with Gasteiger partial charge in [-0.3, -0.25) is 0 Å². The minimum atomic E-state index is 0.718. The molecule has 21 heavy (non-hydrogen) atoms. The van der Waals surface area contributed by atoms with Gasteiger partial charge in [-0.05, 0) is 49.0 Å². The molecule has 0 saturated carbocycles. The third-order valence-corrected chi connectivity index (χ3v) is 3.53. The predicted molar refractivity (Wildman–Crippen MR) is 88.3 cm³/mol. The summed E-state index contributed by atoms with van der Waals surface area (Å²) >= 11 is 5.49. The Labute approximate surface area is 130 Å². The number of hydrogen-bond donors (Lipinski definition) is 1. The Hall–Kier alpha value is -2.14. The van der Waals surface area contributed by atoms with Crippen molar-refractivity contribution in [3.05, 3.63) is 54.4 Å². The molecule has 0 amide bonds. The van der Waals surface area contributed by atoms with Crippen molar-refractivity contribution in [1.29, 1.82) is 0 Å². The van der Waals surface area contributed by atoms with Crippen molar-refractivity contribution >= 4 is 23.0 Å². The molecular weight excluding hydrogens is 282 g/mol. The first-order chi connectivity index (χ1) is 10.2. The van der Waals surface area contributed by atoms with E-state index in [0.29, 0.717) is 0 Å². The molecule has 0 aliphatic rings. The van der Waals surface area contributed by atoms with Gasteiger partial charge in [0, 0.05) is 30.9 Å². The number of aromatic amines is 1. The highest BCUT2D eigenvalue weighted by Crippen LogP contribution is 2.16. The van der Waals surface area contributed by atoms with Crippen molar-refractivity contribution in [3.63, 3.8) is 0 Å². The van der Waals surface area contributed by atoms with E-state index < -0.39 is 0 Å². The standard InChI is InChI=1S/C16H19N3OS/c1-3-19(12-13-8-10-17-11-9-13)16(21)18-14-4-6-15(20-2)7-5-14/h4-11H,3,12H2,1-2H3,(H,18,21)/p+1. The largest absolute Gasteiger partial charge is 0.497 e. The van der Waals surface area contributed by atoms with Crippen molar-refractivity contribution in [3.8, 4) is 5.75 Å². The molecule has 0 bridgehead atoms. The summed E-state index contributed by atoms with van der Waals surface area (Å²) in [5.74, 6) is 0.833. The third kappa shape index (κ3) is 4.43. The number of pyridine rings is 1. The summed E-state index contributed by atoms with van der Waals surface area (Å²) in [6.45, 7) is 3.73. The van der Waals surface area contributed by atoms with E-state index in [9.17, 15) is 0 Å². The second-order valence-corrected chi connectivity index (χ2v) is 4.97. The van der Waals surface area contributed by atoms with Crippen LogP contribution in [0.3, 0.4) is 0 Å². The van der Waals surface area contributed by atoms with Crippen LogP contribution in [0.1, 0.15) is 12.5 Å². The lowest BCUT2D eigenvalue weighted by Gasteiger charge is -2.24. The highest BCUT2D eigenvalue weighted by molar-refractivity contribution is 7.80. The summed E-state index contributed by atoms with van der Waals surface area (Å²) in [4.78, 5) is 5.14. The zero-order valence-electron chi connectivity index (χ0n) is 12.3. The quantitative estimate of drug-likeness (QED) is 0.862. The summed E-state index contributed by atoms with van der Waals surface area (Å²) in [5.41, 5.74) is 2.18. The lowest BCUT2D eigenvalue weighted by molar-refractivity contribution is -0.378. The van der Waals surface area contributed by atoms with Crippen LogP contribution in [0, 0.1) is 0 Å². The number of thiocarbonyl (C=S) groups is 1. The minimum Gasteiger partial charge on any atom is -0.497 e. The second-order valence-electron chi connectivity index (χ2n) is 4.58. The summed E-state index contributed by atoms with van der Waals surface area (Å²) in [7, 11) is 1.66.